The van der Waals surface area contributed by atoms with Crippen molar-refractivity contribution in [3.8, 4) is 11.1 Å². The van der Waals surface area contributed by atoms with E-state index in [-0.39, 0.29) is 5.56 Å². The molecule has 0 fully saturated rings. The van der Waals surface area contributed by atoms with E-state index in [0.29, 0.717) is 17.6 Å². The van der Waals surface area contributed by atoms with E-state index in [1.807, 2.05) is 36.4 Å². The van der Waals surface area contributed by atoms with E-state index in [1.54, 1.807) is 11.3 Å². The summed E-state index contributed by atoms with van der Waals surface area (Å²) < 4.78 is 1.02. The molecule has 0 amide bonds. The number of aromatic amines is 1. The van der Waals surface area contributed by atoms with Crippen LogP contribution in [0.1, 0.15) is 23.2 Å². The van der Waals surface area contributed by atoms with Crippen LogP contribution in [0.4, 0.5) is 0 Å². The van der Waals surface area contributed by atoms with Crippen LogP contribution in [0.25, 0.3) is 32.1 Å². The number of H-pyrrole nitrogens is 1. The molecule has 0 aliphatic heterocycles. The molecule has 1 N–H and O–H groups in total. The summed E-state index contributed by atoms with van der Waals surface area (Å²) >= 11 is 5.11. The van der Waals surface area contributed by atoms with Gasteiger partial charge >= 0.3 is 0 Å². The Morgan fingerprint density at radius 2 is 1.77 bits per heavy atom. The Morgan fingerprint density at radius 3 is 2.57 bits per heavy atom. The zero-order chi connectivity index (χ0) is 20.7. The highest BCUT2D eigenvalue weighted by Crippen LogP contribution is 2.37. The van der Waals surface area contributed by atoms with E-state index in [4.69, 9.17) is 4.98 Å². The number of halogens is 1. The summed E-state index contributed by atoms with van der Waals surface area (Å²) in [6.07, 6.45) is 1.46. The van der Waals surface area contributed by atoms with E-state index < -0.39 is 0 Å². The highest BCUT2D eigenvalue weighted by atomic mass is 79.9. The monoisotopic (exact) mass is 474 g/mol. The molecule has 5 aromatic rings. The summed E-state index contributed by atoms with van der Waals surface area (Å²) in [4.78, 5) is 23.1. The Kier molecular flexibility index (Phi) is 5.01. The van der Waals surface area contributed by atoms with Crippen LogP contribution in [-0.4, -0.2) is 9.97 Å². The molecule has 2 aromatic heterocycles. The molecule has 30 heavy (non-hydrogen) atoms. The maximum atomic E-state index is 13.1. The van der Waals surface area contributed by atoms with E-state index in [2.05, 4.69) is 58.2 Å². The van der Waals surface area contributed by atoms with Gasteiger partial charge in [-0.25, -0.2) is 4.98 Å². The van der Waals surface area contributed by atoms with E-state index in [0.717, 1.165) is 32.4 Å². The summed E-state index contributed by atoms with van der Waals surface area (Å²) in [6, 6.07) is 22.7. The minimum absolute atomic E-state index is 0.0656. The Balaban J connectivity index is 1.64. The second-order valence-corrected chi connectivity index (χ2v) is 9.27. The van der Waals surface area contributed by atoms with Gasteiger partial charge in [-0.2, -0.15) is 0 Å². The number of nitrogens with zero attached hydrogens (tertiary/aromatic N) is 1. The third kappa shape index (κ3) is 3.38. The molecule has 0 atom stereocenters. The number of fused-ring (bicyclic) bond motifs is 2. The van der Waals surface area contributed by atoms with Crippen LogP contribution in [0.3, 0.4) is 0 Å². The van der Waals surface area contributed by atoms with Gasteiger partial charge in [-0.15, -0.1) is 11.3 Å². The standard InChI is InChI=1S/C25H19BrN2OS/c1-2-20-22(16-10-12-18(26)13-11-16)23-24(29)27-21(28-25(23)30-20)14-17-8-5-7-15-6-3-4-9-19(15)17/h3-13H,2,14H2,1H3,(H,27,28,29). The number of aromatic nitrogens is 2. The minimum atomic E-state index is -0.0656. The van der Waals surface area contributed by atoms with Crippen LogP contribution in [0.2, 0.25) is 0 Å². The Morgan fingerprint density at radius 1 is 1.00 bits per heavy atom. The molecule has 5 heteroatoms. The van der Waals surface area contributed by atoms with Crippen LogP contribution < -0.4 is 5.56 Å². The van der Waals surface area contributed by atoms with Gasteiger partial charge in [0.2, 0.25) is 0 Å². The van der Waals surface area contributed by atoms with Crippen molar-refractivity contribution in [1.82, 2.24) is 9.97 Å². The van der Waals surface area contributed by atoms with Crippen molar-refractivity contribution in [2.24, 2.45) is 0 Å². The van der Waals surface area contributed by atoms with Gasteiger partial charge in [-0.05, 0) is 40.5 Å². The molecule has 3 nitrogen and oxygen atoms in total. The third-order valence-electron chi connectivity index (χ3n) is 5.38. The van der Waals surface area contributed by atoms with Crippen molar-refractivity contribution in [2.75, 3.05) is 0 Å². The van der Waals surface area contributed by atoms with Crippen molar-refractivity contribution in [2.45, 2.75) is 19.8 Å². The van der Waals surface area contributed by atoms with E-state index in [1.165, 1.54) is 15.6 Å². The lowest BCUT2D eigenvalue weighted by molar-refractivity contribution is 0.983. The molecular formula is C25H19BrN2OS. The molecule has 0 saturated carbocycles. The molecule has 3 aromatic carbocycles. The lowest BCUT2D eigenvalue weighted by Gasteiger charge is -2.07. The van der Waals surface area contributed by atoms with Gasteiger partial charge in [0.25, 0.3) is 5.56 Å². The van der Waals surface area contributed by atoms with Gasteiger partial charge in [0.1, 0.15) is 10.7 Å². The van der Waals surface area contributed by atoms with Gasteiger partial charge in [0.05, 0.1) is 5.39 Å². The zero-order valence-corrected chi connectivity index (χ0v) is 18.8. The number of benzene rings is 3. The molecule has 0 aliphatic rings. The molecule has 2 heterocycles. The average molecular weight is 475 g/mol. The summed E-state index contributed by atoms with van der Waals surface area (Å²) in [7, 11) is 0. The fourth-order valence-electron chi connectivity index (χ4n) is 3.98. The lowest BCUT2D eigenvalue weighted by atomic mass is 10.0. The molecule has 0 radical (unpaired) electrons. The molecule has 0 aliphatic carbocycles. The number of nitrogens with one attached hydrogen (secondary N) is 1. The maximum absolute atomic E-state index is 13.1. The van der Waals surface area contributed by atoms with Gasteiger partial charge in [0.15, 0.2) is 0 Å². The number of hydrogen-bond donors (Lipinski definition) is 1. The Hall–Kier alpha value is -2.76. The second kappa shape index (κ2) is 7.82. The molecule has 5 rings (SSSR count). The smallest absolute Gasteiger partial charge is 0.260 e. The average Bonchev–Trinajstić information content (AvgIpc) is 3.14. The van der Waals surface area contributed by atoms with Crippen molar-refractivity contribution in [1.29, 1.82) is 0 Å². The largest absolute Gasteiger partial charge is 0.310 e. The first kappa shape index (κ1) is 19.2. The summed E-state index contributed by atoms with van der Waals surface area (Å²) in [5.41, 5.74) is 3.16. The lowest BCUT2D eigenvalue weighted by Crippen LogP contribution is -2.12. The van der Waals surface area contributed by atoms with E-state index >= 15 is 0 Å². The predicted octanol–water partition coefficient (Wildman–Crippen LogP) is 6.72. The summed E-state index contributed by atoms with van der Waals surface area (Å²) in [5.74, 6) is 0.704. The molecule has 0 saturated heterocycles. The maximum Gasteiger partial charge on any atom is 0.260 e. The topological polar surface area (TPSA) is 45.8 Å². The molecule has 0 unspecified atom stereocenters. The van der Waals surface area contributed by atoms with Gasteiger partial charge in [-0.1, -0.05) is 77.5 Å². The van der Waals surface area contributed by atoms with Crippen molar-refractivity contribution in [3.63, 3.8) is 0 Å². The highest BCUT2D eigenvalue weighted by molar-refractivity contribution is 9.10. The fourth-order valence-corrected chi connectivity index (χ4v) is 5.40. The Bertz CT molecular complexity index is 1430. The minimum Gasteiger partial charge on any atom is -0.310 e. The van der Waals surface area contributed by atoms with Gasteiger partial charge in [0, 0.05) is 21.3 Å². The first-order valence-corrected chi connectivity index (χ1v) is 11.5. The van der Waals surface area contributed by atoms with E-state index in [9.17, 15) is 4.79 Å². The van der Waals surface area contributed by atoms with Crippen molar-refractivity contribution >= 4 is 48.3 Å². The first-order chi connectivity index (χ1) is 14.6. The van der Waals surface area contributed by atoms with Crippen LogP contribution in [0.5, 0.6) is 0 Å². The zero-order valence-electron chi connectivity index (χ0n) is 16.4. The predicted molar refractivity (Wildman–Crippen MR) is 130 cm³/mol. The summed E-state index contributed by atoms with van der Waals surface area (Å²) in [6.45, 7) is 2.12. The normalized spacial score (nSPS) is 11.4. The molecular weight excluding hydrogens is 456 g/mol. The fraction of sp³-hybridized carbons (Fsp3) is 0.120. The molecule has 0 bridgehead atoms. The first-order valence-electron chi connectivity index (χ1n) is 9.91. The number of thiophene rings is 1. The Labute approximate surface area is 186 Å². The third-order valence-corrected chi connectivity index (χ3v) is 7.13. The number of aryl methyl sites for hydroxylation is 1. The molecule has 0 spiro atoms. The van der Waals surface area contributed by atoms with Crippen molar-refractivity contribution < 1.29 is 0 Å². The van der Waals surface area contributed by atoms with Gasteiger partial charge < -0.3 is 4.98 Å². The second-order valence-electron chi connectivity index (χ2n) is 7.27. The van der Waals surface area contributed by atoms with Crippen LogP contribution >= 0.6 is 27.3 Å². The quantitative estimate of drug-likeness (QED) is 0.314. The van der Waals surface area contributed by atoms with Crippen LogP contribution in [-0.2, 0) is 12.8 Å². The SMILES string of the molecule is CCc1sc2nc(Cc3cccc4ccccc34)[nH]c(=O)c2c1-c1ccc(Br)cc1. The highest BCUT2D eigenvalue weighted by Gasteiger charge is 2.18. The van der Waals surface area contributed by atoms with Crippen LogP contribution in [0.15, 0.2) is 76.0 Å². The van der Waals surface area contributed by atoms with Gasteiger partial charge in [-0.3, -0.25) is 4.79 Å². The van der Waals surface area contributed by atoms with Crippen molar-refractivity contribution in [3.05, 3.63) is 97.8 Å². The number of rotatable bonds is 4. The summed E-state index contributed by atoms with van der Waals surface area (Å²) in [5, 5.41) is 3.08. The number of hydrogen-bond acceptors (Lipinski definition) is 3. The van der Waals surface area contributed by atoms with Crippen LogP contribution in [0, 0.1) is 0 Å². The molecule has 148 valence electrons.